The van der Waals surface area contributed by atoms with Crippen molar-refractivity contribution in [1.82, 2.24) is 5.43 Å². The minimum atomic E-state index is -0.968. The van der Waals surface area contributed by atoms with E-state index >= 15 is 0 Å². The Kier molecular flexibility index (Phi) is 3.31. The Morgan fingerprint density at radius 3 is 2.33 bits per heavy atom. The number of aryl methyl sites for hydroxylation is 1. The molecule has 1 aromatic rings. The molecule has 0 aromatic heterocycles. The zero-order chi connectivity index (χ0) is 11.5. The number of benzene rings is 1. The van der Waals surface area contributed by atoms with Crippen LogP contribution in [0.15, 0.2) is 24.3 Å². The van der Waals surface area contributed by atoms with Gasteiger partial charge in [-0.25, -0.2) is 5.84 Å². The van der Waals surface area contributed by atoms with Crippen molar-refractivity contribution < 1.29 is 9.53 Å². The van der Waals surface area contributed by atoms with Crippen LogP contribution in [0.3, 0.4) is 0 Å². The van der Waals surface area contributed by atoms with E-state index in [2.05, 4.69) is 5.43 Å². The highest BCUT2D eigenvalue weighted by Crippen LogP contribution is 2.18. The average Bonchev–Trinajstić information content (AvgIpc) is 2.20. The van der Waals surface area contributed by atoms with Crippen molar-refractivity contribution in [3.8, 4) is 5.75 Å². The fourth-order valence-corrected chi connectivity index (χ4v) is 1.12. The Morgan fingerprint density at radius 1 is 1.33 bits per heavy atom. The van der Waals surface area contributed by atoms with Crippen molar-refractivity contribution in [3.63, 3.8) is 0 Å². The minimum Gasteiger partial charge on any atom is -0.478 e. The van der Waals surface area contributed by atoms with Crippen LogP contribution in [-0.4, -0.2) is 11.5 Å². The van der Waals surface area contributed by atoms with Crippen LogP contribution < -0.4 is 16.0 Å². The molecule has 0 saturated carbocycles. The fourth-order valence-electron chi connectivity index (χ4n) is 1.12. The molecule has 82 valence electrons. The molecule has 0 radical (unpaired) electrons. The molecule has 0 fully saturated rings. The van der Waals surface area contributed by atoms with Gasteiger partial charge in [0.25, 0.3) is 5.91 Å². The third-order valence-corrected chi connectivity index (χ3v) is 2.07. The van der Waals surface area contributed by atoms with Crippen molar-refractivity contribution in [2.45, 2.75) is 26.4 Å². The van der Waals surface area contributed by atoms with E-state index in [1.165, 1.54) is 0 Å². The molecule has 1 rings (SSSR count). The third kappa shape index (κ3) is 2.95. The van der Waals surface area contributed by atoms with Gasteiger partial charge in [0, 0.05) is 0 Å². The number of hydrogen-bond donors (Lipinski definition) is 2. The predicted molar refractivity (Wildman–Crippen MR) is 58.2 cm³/mol. The second-order valence-corrected chi connectivity index (χ2v) is 3.90. The van der Waals surface area contributed by atoms with E-state index in [0.29, 0.717) is 5.75 Å². The Bertz CT molecular complexity index is 344. The first-order valence-electron chi connectivity index (χ1n) is 4.72. The highest BCUT2D eigenvalue weighted by Gasteiger charge is 2.28. The summed E-state index contributed by atoms with van der Waals surface area (Å²) in [7, 11) is 0. The Morgan fingerprint density at radius 2 is 1.87 bits per heavy atom. The summed E-state index contributed by atoms with van der Waals surface area (Å²) in [6.07, 6.45) is 0. The molecule has 1 amide bonds. The molecule has 0 unspecified atom stereocenters. The van der Waals surface area contributed by atoms with Crippen LogP contribution in [0.5, 0.6) is 5.75 Å². The molecule has 0 spiro atoms. The summed E-state index contributed by atoms with van der Waals surface area (Å²) in [5, 5.41) is 0. The van der Waals surface area contributed by atoms with Crippen molar-refractivity contribution in [1.29, 1.82) is 0 Å². The van der Waals surface area contributed by atoms with E-state index in [4.69, 9.17) is 10.6 Å². The zero-order valence-corrected chi connectivity index (χ0v) is 9.20. The lowest BCUT2D eigenvalue weighted by atomic mass is 10.1. The average molecular weight is 208 g/mol. The number of rotatable bonds is 3. The Balaban J connectivity index is 2.77. The lowest BCUT2D eigenvalue weighted by Gasteiger charge is -2.24. The smallest absolute Gasteiger partial charge is 0.277 e. The second kappa shape index (κ2) is 4.31. The van der Waals surface area contributed by atoms with E-state index in [9.17, 15) is 4.79 Å². The topological polar surface area (TPSA) is 64.3 Å². The standard InChI is InChI=1S/C11H16N2O2/c1-8-4-6-9(7-5-8)15-11(2,3)10(14)13-12/h4-7H,12H2,1-3H3,(H,13,14). The molecular formula is C11H16N2O2. The second-order valence-electron chi connectivity index (χ2n) is 3.90. The number of hydrogen-bond acceptors (Lipinski definition) is 3. The highest BCUT2D eigenvalue weighted by molar-refractivity contribution is 5.84. The Labute approximate surface area is 89.4 Å². The number of nitrogens with one attached hydrogen (secondary N) is 1. The molecule has 1 aromatic carbocycles. The van der Waals surface area contributed by atoms with Crippen LogP contribution in [0.4, 0.5) is 0 Å². The summed E-state index contributed by atoms with van der Waals surface area (Å²) in [6.45, 7) is 5.31. The van der Waals surface area contributed by atoms with Gasteiger partial charge in [-0.2, -0.15) is 0 Å². The lowest BCUT2D eigenvalue weighted by molar-refractivity contribution is -0.134. The molecule has 0 aliphatic rings. The molecule has 0 saturated heterocycles. The molecule has 0 heterocycles. The van der Waals surface area contributed by atoms with Gasteiger partial charge in [0.1, 0.15) is 5.75 Å². The normalized spacial score (nSPS) is 10.9. The van der Waals surface area contributed by atoms with Gasteiger partial charge in [-0.15, -0.1) is 0 Å². The van der Waals surface area contributed by atoms with Crippen LogP contribution in [0, 0.1) is 6.92 Å². The molecule has 4 heteroatoms. The summed E-state index contributed by atoms with van der Waals surface area (Å²) >= 11 is 0. The van der Waals surface area contributed by atoms with Crippen molar-refractivity contribution in [3.05, 3.63) is 29.8 Å². The summed E-state index contributed by atoms with van der Waals surface area (Å²) < 4.78 is 5.52. The SMILES string of the molecule is Cc1ccc(OC(C)(C)C(=O)NN)cc1. The molecular weight excluding hydrogens is 192 g/mol. The number of carbonyl (C=O) groups excluding carboxylic acids is 1. The van der Waals surface area contributed by atoms with Gasteiger partial charge in [0.05, 0.1) is 0 Å². The van der Waals surface area contributed by atoms with Crippen LogP contribution in [0.25, 0.3) is 0 Å². The monoisotopic (exact) mass is 208 g/mol. The molecule has 0 aliphatic carbocycles. The van der Waals surface area contributed by atoms with Gasteiger partial charge >= 0.3 is 0 Å². The Hall–Kier alpha value is -1.55. The van der Waals surface area contributed by atoms with E-state index in [1.54, 1.807) is 13.8 Å². The summed E-state index contributed by atoms with van der Waals surface area (Å²) in [4.78, 5) is 11.3. The maximum atomic E-state index is 11.3. The van der Waals surface area contributed by atoms with E-state index in [1.807, 2.05) is 31.2 Å². The van der Waals surface area contributed by atoms with Gasteiger partial charge in [-0.05, 0) is 32.9 Å². The minimum absolute atomic E-state index is 0.358. The molecule has 0 atom stereocenters. The number of amides is 1. The van der Waals surface area contributed by atoms with E-state index < -0.39 is 5.60 Å². The third-order valence-electron chi connectivity index (χ3n) is 2.07. The lowest BCUT2D eigenvalue weighted by Crippen LogP contribution is -2.49. The number of nitrogens with two attached hydrogens (primary N) is 1. The molecule has 3 N–H and O–H groups in total. The number of hydrazine groups is 1. The van der Waals surface area contributed by atoms with Gasteiger partial charge < -0.3 is 4.74 Å². The van der Waals surface area contributed by atoms with Crippen LogP contribution in [0.2, 0.25) is 0 Å². The van der Waals surface area contributed by atoms with Crippen molar-refractivity contribution >= 4 is 5.91 Å². The molecule has 0 bridgehead atoms. The van der Waals surface area contributed by atoms with Crippen LogP contribution >= 0.6 is 0 Å². The van der Waals surface area contributed by atoms with Gasteiger partial charge in [-0.1, -0.05) is 17.7 Å². The zero-order valence-electron chi connectivity index (χ0n) is 9.20. The van der Waals surface area contributed by atoms with Gasteiger partial charge in [0.15, 0.2) is 5.60 Å². The van der Waals surface area contributed by atoms with Crippen LogP contribution in [0.1, 0.15) is 19.4 Å². The number of carbonyl (C=O) groups is 1. The predicted octanol–water partition coefficient (Wildman–Crippen LogP) is 1.14. The van der Waals surface area contributed by atoms with Crippen LogP contribution in [-0.2, 0) is 4.79 Å². The van der Waals surface area contributed by atoms with Gasteiger partial charge in [0.2, 0.25) is 0 Å². The molecule has 4 nitrogen and oxygen atoms in total. The maximum absolute atomic E-state index is 11.3. The highest BCUT2D eigenvalue weighted by atomic mass is 16.5. The maximum Gasteiger partial charge on any atom is 0.277 e. The fraction of sp³-hybridized carbons (Fsp3) is 0.364. The quantitative estimate of drug-likeness (QED) is 0.445. The largest absolute Gasteiger partial charge is 0.478 e. The summed E-state index contributed by atoms with van der Waals surface area (Å²) in [5.41, 5.74) is 2.25. The first kappa shape index (κ1) is 11.5. The van der Waals surface area contributed by atoms with E-state index in [-0.39, 0.29) is 5.91 Å². The van der Waals surface area contributed by atoms with Gasteiger partial charge in [-0.3, -0.25) is 10.2 Å². The van der Waals surface area contributed by atoms with Crippen molar-refractivity contribution in [2.24, 2.45) is 5.84 Å². The summed E-state index contributed by atoms with van der Waals surface area (Å²) in [6, 6.07) is 7.49. The van der Waals surface area contributed by atoms with E-state index in [0.717, 1.165) is 5.56 Å². The first-order chi connectivity index (χ1) is 6.95. The first-order valence-corrected chi connectivity index (χ1v) is 4.72. The molecule has 0 aliphatic heterocycles. The molecule has 15 heavy (non-hydrogen) atoms. The number of ether oxygens (including phenoxy) is 1. The van der Waals surface area contributed by atoms with Crippen molar-refractivity contribution in [2.75, 3.05) is 0 Å². The summed E-state index contributed by atoms with van der Waals surface area (Å²) in [5.74, 6) is 5.35.